The summed E-state index contributed by atoms with van der Waals surface area (Å²) in [6.45, 7) is 0. The fraction of sp³-hybridized carbons (Fsp3) is 0.455. The summed E-state index contributed by atoms with van der Waals surface area (Å²) in [4.78, 5) is 0. The number of benzene rings is 1. The van der Waals surface area contributed by atoms with Crippen LogP contribution in [0.4, 0.5) is 8.78 Å². The lowest BCUT2D eigenvalue weighted by atomic mass is 9.65. The zero-order valence-corrected chi connectivity index (χ0v) is 9.28. The molecule has 14 heavy (non-hydrogen) atoms. The van der Waals surface area contributed by atoms with Crippen molar-refractivity contribution < 1.29 is 8.78 Å². The number of halogens is 3. The van der Waals surface area contributed by atoms with E-state index in [-0.39, 0.29) is 11.0 Å². The van der Waals surface area contributed by atoms with Crippen molar-refractivity contribution in [2.75, 3.05) is 5.33 Å². The topological polar surface area (TPSA) is 0 Å². The van der Waals surface area contributed by atoms with E-state index in [4.69, 9.17) is 0 Å². The molecule has 0 amide bonds. The molecule has 1 fully saturated rings. The van der Waals surface area contributed by atoms with Crippen molar-refractivity contribution >= 4 is 15.9 Å². The molecule has 0 radical (unpaired) electrons. The molecule has 0 aliphatic heterocycles. The zero-order chi connectivity index (χ0) is 10.2. The van der Waals surface area contributed by atoms with Gasteiger partial charge in [-0.1, -0.05) is 28.4 Å². The highest BCUT2D eigenvalue weighted by Gasteiger charge is 2.41. The highest BCUT2D eigenvalue weighted by atomic mass is 79.9. The SMILES string of the molecule is Fc1cccc(F)c1C1(CBr)CCC1. The molecule has 0 heterocycles. The Bertz CT molecular complexity index is 319. The Morgan fingerprint density at radius 1 is 1.21 bits per heavy atom. The molecule has 0 aromatic heterocycles. The largest absolute Gasteiger partial charge is 0.207 e. The molecule has 0 unspecified atom stereocenters. The van der Waals surface area contributed by atoms with E-state index in [0.717, 1.165) is 19.3 Å². The molecular formula is C11H11BrF2. The van der Waals surface area contributed by atoms with Gasteiger partial charge in [-0.25, -0.2) is 8.78 Å². The van der Waals surface area contributed by atoms with Crippen LogP contribution in [0.1, 0.15) is 24.8 Å². The summed E-state index contributed by atoms with van der Waals surface area (Å²) < 4.78 is 27.0. The van der Waals surface area contributed by atoms with Gasteiger partial charge in [-0.15, -0.1) is 0 Å². The van der Waals surface area contributed by atoms with E-state index < -0.39 is 11.6 Å². The monoisotopic (exact) mass is 260 g/mol. The fourth-order valence-corrected chi connectivity index (χ4v) is 2.90. The summed E-state index contributed by atoms with van der Waals surface area (Å²) in [6.07, 6.45) is 2.80. The lowest BCUT2D eigenvalue weighted by molar-refractivity contribution is 0.261. The van der Waals surface area contributed by atoms with Gasteiger partial charge < -0.3 is 0 Å². The van der Waals surface area contributed by atoms with Crippen LogP contribution in [0.15, 0.2) is 18.2 Å². The van der Waals surface area contributed by atoms with Gasteiger partial charge in [0.05, 0.1) is 0 Å². The van der Waals surface area contributed by atoms with Crippen molar-refractivity contribution in [1.82, 2.24) is 0 Å². The first-order chi connectivity index (χ1) is 6.69. The molecule has 1 aliphatic carbocycles. The van der Waals surface area contributed by atoms with Crippen molar-refractivity contribution in [3.63, 3.8) is 0 Å². The molecule has 1 saturated carbocycles. The Kier molecular flexibility index (Phi) is 2.60. The summed E-state index contributed by atoms with van der Waals surface area (Å²) in [5.74, 6) is -0.826. The second-order valence-electron chi connectivity index (χ2n) is 3.86. The van der Waals surface area contributed by atoms with Gasteiger partial charge >= 0.3 is 0 Å². The van der Waals surface area contributed by atoms with Gasteiger partial charge in [0.1, 0.15) is 11.6 Å². The van der Waals surface area contributed by atoms with Crippen molar-refractivity contribution in [3.05, 3.63) is 35.4 Å². The number of alkyl halides is 1. The molecule has 0 spiro atoms. The summed E-state index contributed by atoms with van der Waals surface area (Å²) >= 11 is 3.36. The Balaban J connectivity index is 2.49. The van der Waals surface area contributed by atoms with E-state index in [2.05, 4.69) is 15.9 Å². The van der Waals surface area contributed by atoms with Crippen molar-refractivity contribution in [2.24, 2.45) is 0 Å². The van der Waals surface area contributed by atoms with Crippen LogP contribution in [0.5, 0.6) is 0 Å². The molecular weight excluding hydrogens is 250 g/mol. The lowest BCUT2D eigenvalue weighted by Gasteiger charge is -2.41. The third kappa shape index (κ3) is 1.38. The Labute approximate surface area is 90.4 Å². The minimum Gasteiger partial charge on any atom is -0.207 e. The Morgan fingerprint density at radius 2 is 1.79 bits per heavy atom. The lowest BCUT2D eigenvalue weighted by Crippen LogP contribution is -2.37. The van der Waals surface area contributed by atoms with Crippen LogP contribution in [0.25, 0.3) is 0 Å². The molecule has 0 N–H and O–H groups in total. The number of hydrogen-bond acceptors (Lipinski definition) is 0. The molecule has 1 aromatic carbocycles. The molecule has 2 rings (SSSR count). The maximum Gasteiger partial charge on any atom is 0.129 e. The molecule has 0 bridgehead atoms. The third-order valence-electron chi connectivity index (χ3n) is 3.06. The van der Waals surface area contributed by atoms with Crippen molar-refractivity contribution in [3.8, 4) is 0 Å². The van der Waals surface area contributed by atoms with Crippen LogP contribution in [-0.4, -0.2) is 5.33 Å². The predicted molar refractivity (Wildman–Crippen MR) is 55.7 cm³/mol. The van der Waals surface area contributed by atoms with Crippen LogP contribution in [0.2, 0.25) is 0 Å². The van der Waals surface area contributed by atoms with Crippen LogP contribution in [0.3, 0.4) is 0 Å². The number of rotatable bonds is 2. The van der Waals surface area contributed by atoms with E-state index in [1.54, 1.807) is 0 Å². The predicted octanol–water partition coefficient (Wildman–Crippen LogP) is 3.78. The highest BCUT2D eigenvalue weighted by molar-refractivity contribution is 9.09. The maximum atomic E-state index is 13.5. The quantitative estimate of drug-likeness (QED) is 0.710. The molecule has 1 aliphatic rings. The second kappa shape index (κ2) is 3.61. The van der Waals surface area contributed by atoms with Crippen LogP contribution < -0.4 is 0 Å². The van der Waals surface area contributed by atoms with E-state index in [1.807, 2.05) is 0 Å². The Morgan fingerprint density at radius 3 is 2.14 bits per heavy atom. The second-order valence-corrected chi connectivity index (χ2v) is 4.42. The summed E-state index contributed by atoms with van der Waals surface area (Å²) in [7, 11) is 0. The smallest absolute Gasteiger partial charge is 0.129 e. The van der Waals surface area contributed by atoms with Crippen LogP contribution in [0, 0.1) is 11.6 Å². The molecule has 3 heteroatoms. The van der Waals surface area contributed by atoms with E-state index >= 15 is 0 Å². The van der Waals surface area contributed by atoms with Gasteiger partial charge in [-0.3, -0.25) is 0 Å². The molecule has 0 saturated heterocycles. The minimum atomic E-state index is -0.413. The number of hydrogen-bond donors (Lipinski definition) is 0. The normalized spacial score (nSPS) is 19.1. The van der Waals surface area contributed by atoms with Gasteiger partial charge in [-0.05, 0) is 25.0 Å². The summed E-state index contributed by atoms with van der Waals surface area (Å²) in [5.41, 5.74) is -0.0294. The molecule has 1 aromatic rings. The van der Waals surface area contributed by atoms with Gasteiger partial charge in [0, 0.05) is 16.3 Å². The summed E-state index contributed by atoms with van der Waals surface area (Å²) in [5, 5.41) is 0.637. The first-order valence-electron chi connectivity index (χ1n) is 4.70. The van der Waals surface area contributed by atoms with E-state index in [1.165, 1.54) is 18.2 Å². The fourth-order valence-electron chi connectivity index (χ4n) is 2.06. The van der Waals surface area contributed by atoms with E-state index in [0.29, 0.717) is 5.33 Å². The van der Waals surface area contributed by atoms with Crippen molar-refractivity contribution in [2.45, 2.75) is 24.7 Å². The summed E-state index contributed by atoms with van der Waals surface area (Å²) in [6, 6.07) is 4.08. The van der Waals surface area contributed by atoms with Gasteiger partial charge in [0.25, 0.3) is 0 Å². The van der Waals surface area contributed by atoms with Gasteiger partial charge in [0.2, 0.25) is 0 Å². The minimum absolute atomic E-state index is 0.267. The first-order valence-corrected chi connectivity index (χ1v) is 5.82. The van der Waals surface area contributed by atoms with E-state index in [9.17, 15) is 8.78 Å². The van der Waals surface area contributed by atoms with Crippen molar-refractivity contribution in [1.29, 1.82) is 0 Å². The average molecular weight is 261 g/mol. The zero-order valence-electron chi connectivity index (χ0n) is 7.69. The van der Waals surface area contributed by atoms with Crippen LogP contribution >= 0.6 is 15.9 Å². The third-order valence-corrected chi connectivity index (χ3v) is 4.13. The first kappa shape index (κ1) is 10.1. The standard InChI is InChI=1S/C11H11BrF2/c12-7-11(5-2-6-11)10-8(13)3-1-4-9(10)14/h1,3-4H,2,5-7H2. The highest BCUT2D eigenvalue weighted by Crippen LogP contribution is 2.46. The Hall–Kier alpha value is -0.440. The van der Waals surface area contributed by atoms with Crippen LogP contribution in [-0.2, 0) is 5.41 Å². The average Bonchev–Trinajstić information content (AvgIpc) is 2.08. The van der Waals surface area contributed by atoms with Gasteiger partial charge in [-0.2, -0.15) is 0 Å². The maximum absolute atomic E-state index is 13.5. The molecule has 0 atom stereocenters. The molecule has 76 valence electrons. The van der Waals surface area contributed by atoms with Gasteiger partial charge in [0.15, 0.2) is 0 Å². The molecule has 0 nitrogen and oxygen atoms in total.